The first-order valence-electron chi connectivity index (χ1n) is 7.78. The van der Waals surface area contributed by atoms with E-state index in [1.165, 1.54) is 4.90 Å². The third-order valence-electron chi connectivity index (χ3n) is 3.54. The van der Waals surface area contributed by atoms with Crippen molar-refractivity contribution in [2.75, 3.05) is 13.6 Å². The summed E-state index contributed by atoms with van der Waals surface area (Å²) in [4.78, 5) is 25.8. The average molecular weight is 312 g/mol. The number of hydrogen-bond donors (Lipinski definition) is 1. The molecular weight excluding hydrogens is 288 g/mol. The first kappa shape index (κ1) is 17.0. The van der Waals surface area contributed by atoms with Crippen LogP contribution < -0.4 is 5.32 Å². The molecule has 122 valence electrons. The first-order valence-corrected chi connectivity index (χ1v) is 7.78. The lowest BCUT2D eigenvalue weighted by Crippen LogP contribution is -2.46. The Morgan fingerprint density at radius 1 is 1.04 bits per heavy atom. The van der Waals surface area contributed by atoms with E-state index < -0.39 is 0 Å². The Hall–Kier alpha value is -2.36. The topological polar surface area (TPSA) is 49.4 Å². The van der Waals surface area contributed by atoms with Crippen LogP contribution >= 0.6 is 0 Å². The van der Waals surface area contributed by atoms with E-state index in [9.17, 15) is 9.59 Å². The Kier molecular flexibility index (Phi) is 5.04. The highest BCUT2D eigenvalue weighted by atomic mass is 16.2. The number of carbonyl (C=O) groups is 2. The molecule has 0 unspecified atom stereocenters. The Balaban J connectivity index is 2.04. The van der Waals surface area contributed by atoms with Crippen molar-refractivity contribution in [3.8, 4) is 0 Å². The van der Waals surface area contributed by atoms with Gasteiger partial charge >= 0.3 is 0 Å². The number of hydrogen-bond acceptors (Lipinski definition) is 2. The highest BCUT2D eigenvalue weighted by Gasteiger charge is 2.18. The van der Waals surface area contributed by atoms with Crippen LogP contribution in [0.5, 0.6) is 0 Å². The summed E-state index contributed by atoms with van der Waals surface area (Å²) in [5.74, 6) is -0.211. The highest BCUT2D eigenvalue weighted by Crippen LogP contribution is 2.19. The molecule has 4 heteroatoms. The minimum atomic E-state index is -0.295. The van der Waals surface area contributed by atoms with Crippen molar-refractivity contribution in [1.29, 1.82) is 0 Å². The standard InChI is InChI=1S/C19H24N2O2/c1-19(2,3)20-17(22)13-21(4)18(23)12-15-10-7-9-14-8-5-6-11-16(14)15/h5-11H,12-13H2,1-4H3,(H,20,22). The van der Waals surface area contributed by atoms with Crippen molar-refractivity contribution in [3.63, 3.8) is 0 Å². The molecule has 2 aromatic rings. The fourth-order valence-electron chi connectivity index (χ4n) is 2.51. The van der Waals surface area contributed by atoms with Crippen molar-refractivity contribution in [2.45, 2.75) is 32.7 Å². The van der Waals surface area contributed by atoms with Gasteiger partial charge in [0.05, 0.1) is 13.0 Å². The van der Waals surface area contributed by atoms with Gasteiger partial charge in [-0.3, -0.25) is 9.59 Å². The second-order valence-corrected chi connectivity index (χ2v) is 6.86. The minimum absolute atomic E-state index is 0.0644. The zero-order valence-corrected chi connectivity index (χ0v) is 14.2. The monoisotopic (exact) mass is 312 g/mol. The van der Waals surface area contributed by atoms with Crippen LogP contribution in [0.3, 0.4) is 0 Å². The number of nitrogens with one attached hydrogen (secondary N) is 1. The van der Waals surface area contributed by atoms with E-state index >= 15 is 0 Å². The SMILES string of the molecule is CN(CC(=O)NC(C)(C)C)C(=O)Cc1cccc2ccccc12. The van der Waals surface area contributed by atoms with E-state index in [0.29, 0.717) is 6.42 Å². The van der Waals surface area contributed by atoms with Gasteiger partial charge in [0.1, 0.15) is 0 Å². The molecule has 0 radical (unpaired) electrons. The molecule has 4 nitrogen and oxygen atoms in total. The van der Waals surface area contributed by atoms with Crippen LogP contribution in [0.2, 0.25) is 0 Å². The predicted molar refractivity (Wildman–Crippen MR) is 93.2 cm³/mol. The molecule has 0 bridgehead atoms. The number of fused-ring (bicyclic) bond motifs is 1. The molecule has 23 heavy (non-hydrogen) atoms. The maximum atomic E-state index is 12.4. The van der Waals surface area contributed by atoms with Crippen LogP contribution in [0.25, 0.3) is 10.8 Å². The minimum Gasteiger partial charge on any atom is -0.350 e. The van der Waals surface area contributed by atoms with Gasteiger partial charge in [0.2, 0.25) is 11.8 Å². The summed E-state index contributed by atoms with van der Waals surface area (Å²) in [7, 11) is 1.66. The fourth-order valence-corrected chi connectivity index (χ4v) is 2.51. The molecule has 2 amide bonds. The maximum Gasteiger partial charge on any atom is 0.240 e. The van der Waals surface area contributed by atoms with Gasteiger partial charge in [0.25, 0.3) is 0 Å². The molecule has 1 N–H and O–H groups in total. The van der Waals surface area contributed by atoms with E-state index in [1.807, 2.05) is 63.2 Å². The number of nitrogens with zero attached hydrogens (tertiary/aromatic N) is 1. The van der Waals surface area contributed by atoms with Crippen molar-refractivity contribution >= 4 is 22.6 Å². The Labute approximate surface area is 137 Å². The molecule has 0 fully saturated rings. The van der Waals surface area contributed by atoms with Gasteiger partial charge in [-0.25, -0.2) is 0 Å². The molecule has 0 aliphatic carbocycles. The molecular formula is C19H24N2O2. The molecule has 2 aromatic carbocycles. The van der Waals surface area contributed by atoms with Gasteiger partial charge in [-0.15, -0.1) is 0 Å². The Morgan fingerprint density at radius 2 is 1.70 bits per heavy atom. The molecule has 2 rings (SSSR count). The summed E-state index contributed by atoms with van der Waals surface area (Å²) >= 11 is 0. The lowest BCUT2D eigenvalue weighted by Gasteiger charge is -2.23. The molecule has 0 saturated carbocycles. The fraction of sp³-hybridized carbons (Fsp3) is 0.368. The van der Waals surface area contributed by atoms with Crippen LogP contribution in [0.4, 0.5) is 0 Å². The van der Waals surface area contributed by atoms with Gasteiger partial charge in [-0.2, -0.15) is 0 Å². The van der Waals surface area contributed by atoms with E-state index in [2.05, 4.69) is 5.32 Å². The lowest BCUT2D eigenvalue weighted by molar-refractivity contribution is -0.134. The Morgan fingerprint density at radius 3 is 2.39 bits per heavy atom. The maximum absolute atomic E-state index is 12.4. The van der Waals surface area contributed by atoms with Gasteiger partial charge < -0.3 is 10.2 Å². The van der Waals surface area contributed by atoms with Crippen molar-refractivity contribution < 1.29 is 9.59 Å². The van der Waals surface area contributed by atoms with Gasteiger partial charge in [-0.1, -0.05) is 42.5 Å². The number of rotatable bonds is 4. The van der Waals surface area contributed by atoms with E-state index in [4.69, 9.17) is 0 Å². The second kappa shape index (κ2) is 6.82. The summed E-state index contributed by atoms with van der Waals surface area (Å²) < 4.78 is 0. The van der Waals surface area contributed by atoms with E-state index in [1.54, 1.807) is 7.05 Å². The van der Waals surface area contributed by atoms with Crippen LogP contribution in [0.15, 0.2) is 42.5 Å². The summed E-state index contributed by atoms with van der Waals surface area (Å²) in [6.07, 6.45) is 0.292. The largest absolute Gasteiger partial charge is 0.350 e. The molecule has 0 atom stereocenters. The number of amides is 2. The number of carbonyl (C=O) groups excluding carboxylic acids is 2. The molecule has 0 saturated heterocycles. The number of likely N-dealkylation sites (N-methyl/N-ethyl adjacent to an activating group) is 1. The summed E-state index contributed by atoms with van der Waals surface area (Å²) in [5.41, 5.74) is 0.688. The molecule has 0 aliphatic rings. The van der Waals surface area contributed by atoms with E-state index in [0.717, 1.165) is 16.3 Å². The molecule has 0 spiro atoms. The van der Waals surface area contributed by atoms with Gasteiger partial charge in [0, 0.05) is 12.6 Å². The van der Waals surface area contributed by atoms with Crippen LogP contribution in [-0.4, -0.2) is 35.8 Å². The third-order valence-corrected chi connectivity index (χ3v) is 3.54. The smallest absolute Gasteiger partial charge is 0.240 e. The highest BCUT2D eigenvalue weighted by molar-refractivity contribution is 5.91. The second-order valence-electron chi connectivity index (χ2n) is 6.86. The lowest BCUT2D eigenvalue weighted by atomic mass is 10.0. The quantitative estimate of drug-likeness (QED) is 0.944. The number of benzene rings is 2. The van der Waals surface area contributed by atoms with Crippen molar-refractivity contribution in [2.24, 2.45) is 0 Å². The van der Waals surface area contributed by atoms with Crippen LogP contribution in [-0.2, 0) is 16.0 Å². The van der Waals surface area contributed by atoms with Gasteiger partial charge in [-0.05, 0) is 37.1 Å². The molecule has 0 aliphatic heterocycles. The summed E-state index contributed by atoms with van der Waals surface area (Å²) in [5, 5.41) is 5.06. The molecule has 0 aromatic heterocycles. The van der Waals surface area contributed by atoms with Crippen molar-refractivity contribution in [3.05, 3.63) is 48.0 Å². The van der Waals surface area contributed by atoms with Gasteiger partial charge in [0.15, 0.2) is 0 Å². The zero-order chi connectivity index (χ0) is 17.0. The molecule has 0 heterocycles. The third kappa shape index (κ3) is 4.81. The summed E-state index contributed by atoms with van der Waals surface area (Å²) in [6, 6.07) is 14.0. The summed E-state index contributed by atoms with van der Waals surface area (Å²) in [6.45, 7) is 5.83. The zero-order valence-electron chi connectivity index (χ0n) is 14.2. The average Bonchev–Trinajstić information content (AvgIpc) is 2.45. The Bertz CT molecular complexity index is 711. The van der Waals surface area contributed by atoms with Crippen molar-refractivity contribution in [1.82, 2.24) is 10.2 Å². The van der Waals surface area contributed by atoms with E-state index in [-0.39, 0.29) is 23.9 Å². The predicted octanol–water partition coefficient (Wildman–Crippen LogP) is 2.76. The van der Waals surface area contributed by atoms with Crippen LogP contribution in [0.1, 0.15) is 26.3 Å². The first-order chi connectivity index (χ1) is 10.8. The van der Waals surface area contributed by atoms with Crippen LogP contribution in [0, 0.1) is 0 Å². The normalized spacial score (nSPS) is 11.3.